The average Bonchev–Trinajstić information content (AvgIpc) is 3.44. The third-order valence-electron chi connectivity index (χ3n) is 6.29. The molecule has 1 aromatic carbocycles. The molecule has 1 unspecified atom stereocenters. The molecule has 3 aromatic heterocycles. The molecule has 11 heteroatoms. The zero-order valence-corrected chi connectivity index (χ0v) is 19.3. The summed E-state index contributed by atoms with van der Waals surface area (Å²) in [6.45, 7) is 4.25. The van der Waals surface area contributed by atoms with E-state index in [0.717, 1.165) is 32.1 Å². The number of fused-ring (bicyclic) bond motifs is 2. The highest BCUT2D eigenvalue weighted by molar-refractivity contribution is 7.17. The fourth-order valence-electron chi connectivity index (χ4n) is 4.64. The van der Waals surface area contributed by atoms with E-state index in [1.165, 1.54) is 18.4 Å². The topological polar surface area (TPSA) is 68.8 Å². The number of halogens is 3. The maximum atomic E-state index is 13.5. The number of benzene rings is 1. The maximum Gasteiger partial charge on any atom is 0.433 e. The number of rotatable bonds is 2. The minimum Gasteiger partial charge on any atom is -0.330 e. The Kier molecular flexibility index (Phi) is 4.85. The lowest BCUT2D eigenvalue weighted by Crippen LogP contribution is -2.39. The van der Waals surface area contributed by atoms with Crippen LogP contribution in [-0.2, 0) is 26.7 Å². The molecule has 0 saturated carbocycles. The molecule has 33 heavy (non-hydrogen) atoms. The van der Waals surface area contributed by atoms with Crippen molar-refractivity contribution in [3.05, 3.63) is 51.8 Å². The molecule has 0 radical (unpaired) electrons. The highest BCUT2D eigenvalue weighted by atomic mass is 32.1. The van der Waals surface area contributed by atoms with Gasteiger partial charge in [0.2, 0.25) is 0 Å². The molecule has 4 heterocycles. The van der Waals surface area contributed by atoms with Gasteiger partial charge in [0.25, 0.3) is 5.91 Å². The molecule has 172 valence electrons. The van der Waals surface area contributed by atoms with E-state index in [2.05, 4.69) is 15.2 Å². The molecular weight excluding hydrogens is 453 g/mol. The van der Waals surface area contributed by atoms with Crippen LogP contribution in [0, 0.1) is 6.92 Å². The summed E-state index contributed by atoms with van der Waals surface area (Å²) in [5.74, 6) is -0.0923. The van der Waals surface area contributed by atoms with Crippen LogP contribution in [0.1, 0.15) is 45.8 Å². The fourth-order valence-corrected chi connectivity index (χ4v) is 5.44. The zero-order valence-electron chi connectivity index (χ0n) is 18.4. The van der Waals surface area contributed by atoms with E-state index in [1.54, 1.807) is 28.2 Å². The zero-order chi connectivity index (χ0) is 23.7. The van der Waals surface area contributed by atoms with Crippen molar-refractivity contribution in [2.45, 2.75) is 32.5 Å². The Morgan fingerprint density at radius 1 is 1.18 bits per heavy atom. The third-order valence-corrected chi connectivity index (χ3v) is 7.26. The second-order valence-electron chi connectivity index (χ2n) is 8.24. The summed E-state index contributed by atoms with van der Waals surface area (Å²) in [6, 6.07) is 4.37. The lowest BCUT2D eigenvalue weighted by atomic mass is 9.96. The Morgan fingerprint density at radius 2 is 1.94 bits per heavy atom. The van der Waals surface area contributed by atoms with Crippen molar-refractivity contribution in [2.75, 3.05) is 6.54 Å². The Morgan fingerprint density at radius 3 is 2.64 bits per heavy atom. The van der Waals surface area contributed by atoms with Crippen LogP contribution in [0.4, 0.5) is 13.2 Å². The average molecular weight is 475 g/mol. The summed E-state index contributed by atoms with van der Waals surface area (Å²) >= 11 is 1.50. The van der Waals surface area contributed by atoms with Crippen molar-refractivity contribution in [1.82, 2.24) is 29.4 Å². The molecule has 0 fully saturated rings. The smallest absolute Gasteiger partial charge is 0.330 e. The predicted octanol–water partition coefficient (Wildman–Crippen LogP) is 4.52. The van der Waals surface area contributed by atoms with E-state index in [4.69, 9.17) is 0 Å². The SMILES string of the molecule is Cc1c(C(=O)N2CCc3c(nn(C)c3-c3cc(C(F)(F)F)n(C)n3)C2C)ccc2ncsc12. The van der Waals surface area contributed by atoms with Crippen molar-refractivity contribution >= 4 is 27.5 Å². The quantitative estimate of drug-likeness (QED) is 0.429. The van der Waals surface area contributed by atoms with Gasteiger partial charge in [-0.15, -0.1) is 11.3 Å². The third kappa shape index (κ3) is 3.33. The number of carbonyl (C=O) groups is 1. The van der Waals surface area contributed by atoms with Gasteiger partial charge in [0.05, 0.1) is 33.2 Å². The minimum absolute atomic E-state index is 0.0923. The lowest BCUT2D eigenvalue weighted by Gasteiger charge is -2.33. The van der Waals surface area contributed by atoms with E-state index in [1.807, 2.05) is 19.9 Å². The van der Waals surface area contributed by atoms with Crippen LogP contribution < -0.4 is 0 Å². The summed E-state index contributed by atoms with van der Waals surface area (Å²) in [5, 5.41) is 8.69. The number of hydrogen-bond donors (Lipinski definition) is 0. The normalized spacial score (nSPS) is 16.5. The number of aryl methyl sites for hydroxylation is 3. The molecule has 1 atom stereocenters. The number of amides is 1. The van der Waals surface area contributed by atoms with Crippen LogP contribution in [0.2, 0.25) is 0 Å². The van der Waals surface area contributed by atoms with Gasteiger partial charge in [0, 0.05) is 31.8 Å². The van der Waals surface area contributed by atoms with Crippen LogP contribution in [0.3, 0.4) is 0 Å². The van der Waals surface area contributed by atoms with Gasteiger partial charge in [0.1, 0.15) is 11.4 Å². The highest BCUT2D eigenvalue weighted by Crippen LogP contribution is 2.38. The van der Waals surface area contributed by atoms with E-state index in [0.29, 0.717) is 29.9 Å². The first-order chi connectivity index (χ1) is 15.6. The monoisotopic (exact) mass is 474 g/mol. The molecular formula is C22H21F3N6OS. The maximum absolute atomic E-state index is 13.5. The van der Waals surface area contributed by atoms with Crippen LogP contribution in [0.25, 0.3) is 21.6 Å². The Bertz CT molecular complexity index is 1400. The van der Waals surface area contributed by atoms with Gasteiger partial charge in [-0.3, -0.25) is 14.2 Å². The molecule has 7 nitrogen and oxygen atoms in total. The highest BCUT2D eigenvalue weighted by Gasteiger charge is 2.38. The molecule has 4 aromatic rings. The Hall–Kier alpha value is -3.21. The van der Waals surface area contributed by atoms with Gasteiger partial charge < -0.3 is 4.90 Å². The molecule has 0 spiro atoms. The first-order valence-corrected chi connectivity index (χ1v) is 11.3. The number of hydrogen-bond acceptors (Lipinski definition) is 5. The Balaban J connectivity index is 1.51. The summed E-state index contributed by atoms with van der Waals surface area (Å²) in [7, 11) is 2.97. The van der Waals surface area contributed by atoms with Gasteiger partial charge in [0.15, 0.2) is 0 Å². The van der Waals surface area contributed by atoms with Crippen molar-refractivity contribution in [3.8, 4) is 11.4 Å². The minimum atomic E-state index is -4.49. The van der Waals surface area contributed by atoms with E-state index in [9.17, 15) is 18.0 Å². The van der Waals surface area contributed by atoms with E-state index in [-0.39, 0.29) is 17.6 Å². The molecule has 1 aliphatic rings. The number of alkyl halides is 3. The van der Waals surface area contributed by atoms with E-state index >= 15 is 0 Å². The predicted molar refractivity (Wildman–Crippen MR) is 118 cm³/mol. The second kappa shape index (κ2) is 7.41. The summed E-state index contributed by atoms with van der Waals surface area (Å²) < 4.78 is 43.2. The van der Waals surface area contributed by atoms with Crippen molar-refractivity contribution in [2.24, 2.45) is 14.1 Å². The van der Waals surface area contributed by atoms with Gasteiger partial charge in [-0.05, 0) is 44.0 Å². The number of thiazole rings is 1. The van der Waals surface area contributed by atoms with Gasteiger partial charge in [-0.1, -0.05) is 0 Å². The number of carbonyl (C=O) groups excluding carboxylic acids is 1. The molecule has 0 bridgehead atoms. The van der Waals surface area contributed by atoms with Crippen LogP contribution in [-0.4, -0.2) is 41.9 Å². The summed E-state index contributed by atoms with van der Waals surface area (Å²) in [6.07, 6.45) is -4.01. The largest absolute Gasteiger partial charge is 0.433 e. The van der Waals surface area contributed by atoms with Crippen LogP contribution in [0.5, 0.6) is 0 Å². The summed E-state index contributed by atoms with van der Waals surface area (Å²) in [4.78, 5) is 19.5. The van der Waals surface area contributed by atoms with Gasteiger partial charge >= 0.3 is 6.18 Å². The first-order valence-electron chi connectivity index (χ1n) is 10.4. The van der Waals surface area contributed by atoms with Crippen molar-refractivity contribution in [3.63, 3.8) is 0 Å². The molecule has 1 aliphatic heterocycles. The number of aromatic nitrogens is 5. The summed E-state index contributed by atoms with van der Waals surface area (Å²) in [5.41, 5.74) is 5.62. The molecule has 0 aliphatic carbocycles. The first kappa shape index (κ1) is 21.6. The molecule has 0 saturated heterocycles. The Labute approximate surface area is 191 Å². The van der Waals surface area contributed by atoms with E-state index < -0.39 is 11.9 Å². The van der Waals surface area contributed by atoms with Crippen LogP contribution >= 0.6 is 11.3 Å². The molecule has 5 rings (SSSR count). The van der Waals surface area contributed by atoms with Gasteiger partial charge in [-0.25, -0.2) is 4.98 Å². The van der Waals surface area contributed by atoms with Crippen molar-refractivity contribution in [1.29, 1.82) is 0 Å². The van der Waals surface area contributed by atoms with Crippen molar-refractivity contribution < 1.29 is 18.0 Å². The standard InChI is InChI=1S/C22H21F3N6OS/c1-11-13(5-6-15-20(11)33-10-26-15)21(32)31-8-7-14-18(12(31)2)28-30(4)19(14)16-9-17(22(23,24)25)29(3)27-16/h5-6,9-10,12H,7-8H2,1-4H3. The number of nitrogens with zero attached hydrogens (tertiary/aromatic N) is 6. The fraction of sp³-hybridized carbons (Fsp3) is 0.364. The lowest BCUT2D eigenvalue weighted by molar-refractivity contribution is -0.143. The molecule has 1 amide bonds. The molecule has 0 N–H and O–H groups in total. The van der Waals surface area contributed by atoms with Crippen LogP contribution in [0.15, 0.2) is 23.7 Å². The van der Waals surface area contributed by atoms with Gasteiger partial charge in [-0.2, -0.15) is 23.4 Å². The second-order valence-corrected chi connectivity index (χ2v) is 9.09.